The molecule has 0 aliphatic heterocycles. The number of aromatic nitrogens is 2. The molecule has 1 aromatic heterocycles. The quantitative estimate of drug-likeness (QED) is 0.796. The Morgan fingerprint density at radius 1 is 1.42 bits per heavy atom. The fourth-order valence-corrected chi connectivity index (χ4v) is 2.89. The highest BCUT2D eigenvalue weighted by Crippen LogP contribution is 2.23. The van der Waals surface area contributed by atoms with E-state index in [1.807, 2.05) is 18.7 Å². The number of nitrogens with zero attached hydrogens (tertiary/aromatic N) is 2. The van der Waals surface area contributed by atoms with Gasteiger partial charge in [-0.1, -0.05) is 13.8 Å². The van der Waals surface area contributed by atoms with Gasteiger partial charge in [-0.3, -0.25) is 4.68 Å². The SMILES string of the molecule is CCCNC(Cc1c(Br)c(C)nn1C)C(CC)OC. The third-order valence-corrected chi connectivity index (χ3v) is 4.52. The van der Waals surface area contributed by atoms with Crippen LogP contribution in [0.4, 0.5) is 0 Å². The van der Waals surface area contributed by atoms with Gasteiger partial charge in [0, 0.05) is 26.6 Å². The maximum absolute atomic E-state index is 5.61. The van der Waals surface area contributed by atoms with Gasteiger partial charge in [0.25, 0.3) is 0 Å². The number of nitrogens with one attached hydrogen (secondary N) is 1. The minimum atomic E-state index is 0.230. The zero-order chi connectivity index (χ0) is 14.4. The van der Waals surface area contributed by atoms with Gasteiger partial charge < -0.3 is 10.1 Å². The predicted octanol–water partition coefficient (Wildman–Crippen LogP) is 2.83. The Hall–Kier alpha value is -0.390. The summed E-state index contributed by atoms with van der Waals surface area (Å²) in [6.07, 6.45) is 3.28. The molecule has 19 heavy (non-hydrogen) atoms. The molecule has 4 nitrogen and oxygen atoms in total. The Morgan fingerprint density at radius 2 is 2.11 bits per heavy atom. The zero-order valence-corrected chi connectivity index (χ0v) is 14.2. The first-order valence-corrected chi connectivity index (χ1v) is 7.78. The van der Waals surface area contributed by atoms with Crippen molar-refractivity contribution < 1.29 is 4.74 Å². The van der Waals surface area contributed by atoms with E-state index in [0.29, 0.717) is 6.04 Å². The van der Waals surface area contributed by atoms with E-state index in [0.717, 1.165) is 36.0 Å². The molecule has 1 heterocycles. The lowest BCUT2D eigenvalue weighted by Gasteiger charge is -2.26. The van der Waals surface area contributed by atoms with Crippen LogP contribution in [0.2, 0.25) is 0 Å². The maximum atomic E-state index is 5.61. The minimum Gasteiger partial charge on any atom is -0.380 e. The van der Waals surface area contributed by atoms with Crippen molar-refractivity contribution in [1.82, 2.24) is 15.1 Å². The van der Waals surface area contributed by atoms with E-state index in [1.165, 1.54) is 5.69 Å². The molecule has 5 heteroatoms. The van der Waals surface area contributed by atoms with Crippen molar-refractivity contribution in [3.8, 4) is 0 Å². The second-order valence-corrected chi connectivity index (χ2v) is 5.71. The Morgan fingerprint density at radius 3 is 2.53 bits per heavy atom. The normalized spacial score (nSPS) is 14.6. The summed E-state index contributed by atoms with van der Waals surface area (Å²) in [7, 11) is 3.79. The predicted molar refractivity (Wildman–Crippen MR) is 82.5 cm³/mol. The highest BCUT2D eigenvalue weighted by molar-refractivity contribution is 9.10. The summed E-state index contributed by atoms with van der Waals surface area (Å²) in [5.41, 5.74) is 2.26. The smallest absolute Gasteiger partial charge is 0.0738 e. The average molecular weight is 332 g/mol. The minimum absolute atomic E-state index is 0.230. The largest absolute Gasteiger partial charge is 0.380 e. The molecule has 1 aromatic rings. The monoisotopic (exact) mass is 331 g/mol. The van der Waals surface area contributed by atoms with E-state index >= 15 is 0 Å². The Kier molecular flexibility index (Phi) is 7.04. The average Bonchev–Trinajstić information content (AvgIpc) is 2.63. The lowest BCUT2D eigenvalue weighted by atomic mass is 10.0. The van der Waals surface area contributed by atoms with Gasteiger partial charge >= 0.3 is 0 Å². The van der Waals surface area contributed by atoms with Crippen LogP contribution in [0.1, 0.15) is 38.1 Å². The number of hydrogen-bond acceptors (Lipinski definition) is 3. The third-order valence-electron chi connectivity index (χ3n) is 3.49. The van der Waals surface area contributed by atoms with Gasteiger partial charge in [0.05, 0.1) is 22.0 Å². The molecule has 0 aromatic carbocycles. The highest BCUT2D eigenvalue weighted by Gasteiger charge is 2.23. The molecule has 0 bridgehead atoms. The molecule has 0 saturated carbocycles. The summed E-state index contributed by atoms with van der Waals surface area (Å²) in [4.78, 5) is 0. The van der Waals surface area contributed by atoms with Crippen LogP contribution in [0.15, 0.2) is 4.47 Å². The Balaban J connectivity index is 2.86. The first kappa shape index (κ1) is 16.7. The first-order valence-electron chi connectivity index (χ1n) is 6.99. The molecule has 0 amide bonds. The lowest BCUT2D eigenvalue weighted by Crippen LogP contribution is -2.43. The molecule has 0 aliphatic rings. The third kappa shape index (κ3) is 4.29. The van der Waals surface area contributed by atoms with Gasteiger partial charge in [0.15, 0.2) is 0 Å². The van der Waals surface area contributed by atoms with Crippen LogP contribution in [0.5, 0.6) is 0 Å². The zero-order valence-electron chi connectivity index (χ0n) is 12.7. The molecule has 1 rings (SSSR count). The van der Waals surface area contributed by atoms with Crippen molar-refractivity contribution >= 4 is 15.9 Å². The topological polar surface area (TPSA) is 39.1 Å². The van der Waals surface area contributed by atoms with Gasteiger partial charge in [-0.15, -0.1) is 0 Å². The van der Waals surface area contributed by atoms with Crippen LogP contribution in [0.25, 0.3) is 0 Å². The maximum Gasteiger partial charge on any atom is 0.0738 e. The summed E-state index contributed by atoms with van der Waals surface area (Å²) >= 11 is 3.64. The summed E-state index contributed by atoms with van der Waals surface area (Å²) < 4.78 is 8.69. The van der Waals surface area contributed by atoms with Crippen molar-refractivity contribution in [2.75, 3.05) is 13.7 Å². The van der Waals surface area contributed by atoms with Gasteiger partial charge in [-0.05, 0) is 42.2 Å². The fraction of sp³-hybridized carbons (Fsp3) is 0.786. The summed E-state index contributed by atoms with van der Waals surface area (Å²) in [6, 6.07) is 0.320. The van der Waals surface area contributed by atoms with Crippen LogP contribution in [0, 0.1) is 6.92 Å². The number of halogens is 1. The fourth-order valence-electron chi connectivity index (χ4n) is 2.39. The van der Waals surface area contributed by atoms with E-state index in [-0.39, 0.29) is 6.10 Å². The first-order chi connectivity index (χ1) is 9.04. The molecule has 0 spiro atoms. The van der Waals surface area contributed by atoms with E-state index in [1.54, 1.807) is 7.11 Å². The molecular formula is C14H26BrN3O. The number of methoxy groups -OCH3 is 1. The summed E-state index contributed by atoms with van der Waals surface area (Å²) in [6.45, 7) is 7.38. The van der Waals surface area contributed by atoms with Gasteiger partial charge in [-0.25, -0.2) is 0 Å². The van der Waals surface area contributed by atoms with Gasteiger partial charge in [-0.2, -0.15) is 5.10 Å². The molecular weight excluding hydrogens is 306 g/mol. The lowest BCUT2D eigenvalue weighted by molar-refractivity contribution is 0.0647. The molecule has 110 valence electrons. The van der Waals surface area contributed by atoms with E-state index in [9.17, 15) is 0 Å². The van der Waals surface area contributed by atoms with Crippen LogP contribution in [-0.2, 0) is 18.2 Å². The number of hydrogen-bond donors (Lipinski definition) is 1. The second kappa shape index (κ2) is 8.02. The van der Waals surface area contributed by atoms with Crippen LogP contribution in [0.3, 0.4) is 0 Å². The van der Waals surface area contributed by atoms with Gasteiger partial charge in [0.1, 0.15) is 0 Å². The number of ether oxygens (including phenoxy) is 1. The molecule has 1 N–H and O–H groups in total. The summed E-state index contributed by atoms with van der Waals surface area (Å²) in [5.74, 6) is 0. The van der Waals surface area contributed by atoms with Crippen LogP contribution < -0.4 is 5.32 Å². The highest BCUT2D eigenvalue weighted by atomic mass is 79.9. The van der Waals surface area contributed by atoms with Crippen molar-refractivity contribution in [1.29, 1.82) is 0 Å². The second-order valence-electron chi connectivity index (χ2n) is 4.92. The van der Waals surface area contributed by atoms with Crippen molar-refractivity contribution in [2.24, 2.45) is 7.05 Å². The van der Waals surface area contributed by atoms with E-state index < -0.39 is 0 Å². The molecule has 2 atom stereocenters. The van der Waals surface area contributed by atoms with Crippen molar-refractivity contribution in [3.63, 3.8) is 0 Å². The van der Waals surface area contributed by atoms with E-state index in [4.69, 9.17) is 4.74 Å². The standard InChI is InChI=1S/C14H26BrN3O/c1-6-8-16-11(13(7-2)19-5)9-12-14(15)10(3)17-18(12)4/h11,13,16H,6-9H2,1-5H3. The number of aryl methyl sites for hydroxylation is 2. The number of rotatable bonds is 8. The molecule has 0 fully saturated rings. The van der Waals surface area contributed by atoms with E-state index in [2.05, 4.69) is 40.2 Å². The molecule has 0 radical (unpaired) electrons. The van der Waals surface area contributed by atoms with Crippen molar-refractivity contribution in [3.05, 3.63) is 15.9 Å². The Labute approximate surface area is 125 Å². The van der Waals surface area contributed by atoms with Crippen LogP contribution >= 0.6 is 15.9 Å². The Bertz CT molecular complexity index is 388. The van der Waals surface area contributed by atoms with Gasteiger partial charge in [0.2, 0.25) is 0 Å². The molecule has 0 aliphatic carbocycles. The molecule has 2 unspecified atom stereocenters. The van der Waals surface area contributed by atoms with Crippen LogP contribution in [-0.4, -0.2) is 35.6 Å². The molecule has 0 saturated heterocycles. The summed E-state index contributed by atoms with van der Waals surface area (Å²) in [5, 5.41) is 8.05. The van der Waals surface area contributed by atoms with Crippen molar-refractivity contribution in [2.45, 2.75) is 52.2 Å².